The average Bonchev–Trinajstić information content (AvgIpc) is 0. The average molecular weight is 218 g/mol. The Morgan fingerprint density at radius 2 is 1.00 bits per heavy atom. The summed E-state index contributed by atoms with van der Waals surface area (Å²) in [5.41, 5.74) is 0. The van der Waals surface area contributed by atoms with Gasteiger partial charge in [-0.25, -0.2) is 0 Å². The van der Waals surface area contributed by atoms with Gasteiger partial charge in [0.25, 0.3) is 0 Å². The summed E-state index contributed by atoms with van der Waals surface area (Å²) in [6.45, 7) is 0. The maximum absolute atomic E-state index is 0. The van der Waals surface area contributed by atoms with E-state index in [0.717, 1.165) is 0 Å². The van der Waals surface area contributed by atoms with Crippen LogP contribution in [0, 0.1) is 0 Å². The van der Waals surface area contributed by atoms with E-state index in [9.17, 15) is 0 Å². The predicted octanol–water partition coefficient (Wildman–Crippen LogP) is -0.793. The molecule has 0 aromatic heterocycles. The van der Waals surface area contributed by atoms with E-state index >= 15 is 0 Å². The Morgan fingerprint density at radius 1 is 1.00 bits per heavy atom. The van der Waals surface area contributed by atoms with Crippen molar-refractivity contribution in [1.82, 2.24) is 0 Å². The number of halogens is 2. The van der Waals surface area contributed by atoms with Gasteiger partial charge in [0.2, 0.25) is 0 Å². The Hall–Kier alpha value is 2.55. The van der Waals surface area contributed by atoms with Crippen LogP contribution in [0.2, 0.25) is 0 Å². The summed E-state index contributed by atoms with van der Waals surface area (Å²) in [4.78, 5) is 0. The molecule has 24 valence electrons. The Labute approximate surface area is 82.0 Å². The van der Waals surface area contributed by atoms with Gasteiger partial charge >= 0.3 is 29.6 Å². The Morgan fingerprint density at radius 3 is 1.00 bits per heavy atom. The third-order valence-electron chi connectivity index (χ3n) is 0. The Balaban J connectivity index is 0. The molecule has 0 N–H and O–H groups in total. The Bertz CT molecular complexity index is 8.00. The molecule has 0 amide bonds. The first kappa shape index (κ1) is 31.0. The minimum absolute atomic E-state index is 0. The van der Waals surface area contributed by atoms with E-state index in [0.29, 0.717) is 0 Å². The van der Waals surface area contributed by atoms with Gasteiger partial charge in [-0.15, -0.1) is 36.4 Å². The second-order valence-corrected chi connectivity index (χ2v) is 0. The fourth-order valence-corrected chi connectivity index (χ4v) is 0. The molecule has 0 unspecified atom stereocenters. The molecule has 0 bridgehead atoms. The minimum atomic E-state index is 0. The van der Waals surface area contributed by atoms with Gasteiger partial charge < -0.3 is 0 Å². The maximum atomic E-state index is 0. The molecule has 4 heteroatoms. The molecule has 0 aromatic carbocycles. The van der Waals surface area contributed by atoms with E-state index in [-0.39, 0.29) is 83.3 Å². The Kier molecular flexibility index (Phi) is 137. The summed E-state index contributed by atoms with van der Waals surface area (Å²) in [7, 11) is 0. The van der Waals surface area contributed by atoms with Crippen LogP contribution < -0.4 is 0 Å². The van der Waals surface area contributed by atoms with E-state index in [4.69, 9.17) is 0 Å². The van der Waals surface area contributed by atoms with Gasteiger partial charge in [-0.2, -0.15) is 0 Å². The zero-order chi connectivity index (χ0) is 0. The van der Waals surface area contributed by atoms with Crippen molar-refractivity contribution in [3.05, 3.63) is 0 Å². The molecule has 0 saturated carbocycles. The normalized spacial score (nSPS) is 0. The van der Waals surface area contributed by atoms with Crippen LogP contribution >= 0.6 is 36.4 Å². The van der Waals surface area contributed by atoms with Crippen molar-refractivity contribution >= 4 is 83.3 Å². The van der Waals surface area contributed by atoms with E-state index < -0.39 is 0 Å². The summed E-state index contributed by atoms with van der Waals surface area (Å²) < 4.78 is 0. The number of hydrogen-bond acceptors (Lipinski definition) is 0. The van der Waals surface area contributed by atoms with E-state index in [1.807, 2.05) is 0 Å². The van der Waals surface area contributed by atoms with Crippen LogP contribution in [0.3, 0.4) is 0 Å². The quantitative estimate of drug-likeness (QED) is 0.369. The van der Waals surface area contributed by atoms with Crippen LogP contribution in [0.25, 0.3) is 0 Å². The molecule has 0 atom stereocenters. The molecule has 0 spiro atoms. The standard InChI is InChI=1S/Al.ClH.HI.Na.4H/h;2*1H;;;;;. The summed E-state index contributed by atoms with van der Waals surface area (Å²) >= 11 is 0. The molecular weight excluding hydrogens is 212 g/mol. The van der Waals surface area contributed by atoms with Crippen molar-refractivity contribution < 1.29 is 0 Å². The molecule has 0 fully saturated rings. The predicted molar refractivity (Wildman–Crippen MR) is 39.8 cm³/mol. The van der Waals surface area contributed by atoms with Gasteiger partial charge in [-0.3, -0.25) is 0 Å². The third kappa shape index (κ3) is 8.82. The fraction of sp³-hybridized carbons (Fsp3) is 0. The summed E-state index contributed by atoms with van der Waals surface area (Å²) in [6, 6.07) is 0. The van der Waals surface area contributed by atoms with Crippen molar-refractivity contribution in [3.8, 4) is 0 Å². The monoisotopic (exact) mass is 218 g/mol. The number of rotatable bonds is 0. The second-order valence-electron chi connectivity index (χ2n) is 0. The van der Waals surface area contributed by atoms with Crippen LogP contribution in [-0.4, -0.2) is 46.9 Å². The van der Waals surface area contributed by atoms with Gasteiger partial charge in [0.15, 0.2) is 17.4 Å². The van der Waals surface area contributed by atoms with Crippen molar-refractivity contribution in [2.24, 2.45) is 0 Å². The van der Waals surface area contributed by atoms with Crippen molar-refractivity contribution in [2.75, 3.05) is 0 Å². The zero-order valence-electron chi connectivity index (χ0n) is 0.816. The summed E-state index contributed by atoms with van der Waals surface area (Å²) in [5, 5.41) is 0. The first-order chi connectivity index (χ1) is 0. The SMILES string of the molecule is Cl.I.[AlH3].[NaH]. The van der Waals surface area contributed by atoms with E-state index in [2.05, 4.69) is 0 Å². The topological polar surface area (TPSA) is 0 Å². The van der Waals surface area contributed by atoms with E-state index in [1.165, 1.54) is 0 Å². The molecule has 0 heterocycles. The molecule has 0 saturated heterocycles. The van der Waals surface area contributed by atoms with E-state index in [1.54, 1.807) is 0 Å². The van der Waals surface area contributed by atoms with Gasteiger partial charge in [-0.05, 0) is 0 Å². The van der Waals surface area contributed by atoms with Crippen LogP contribution in [0.5, 0.6) is 0 Å². The van der Waals surface area contributed by atoms with Crippen LogP contribution in [-0.2, 0) is 0 Å². The molecule has 0 aliphatic heterocycles. The summed E-state index contributed by atoms with van der Waals surface area (Å²) in [6.07, 6.45) is 0. The van der Waals surface area contributed by atoms with Gasteiger partial charge in [-0.1, -0.05) is 0 Å². The number of hydrogen-bond donors (Lipinski definition) is 0. The first-order valence-corrected chi connectivity index (χ1v) is 0. The van der Waals surface area contributed by atoms with Crippen molar-refractivity contribution in [1.29, 1.82) is 0 Å². The van der Waals surface area contributed by atoms with Gasteiger partial charge in [0.1, 0.15) is 0 Å². The van der Waals surface area contributed by atoms with Crippen LogP contribution in [0.15, 0.2) is 0 Å². The first-order valence-electron chi connectivity index (χ1n) is 0. The third-order valence-corrected chi connectivity index (χ3v) is 0. The molecule has 0 aliphatic rings. The molecule has 0 radical (unpaired) electrons. The van der Waals surface area contributed by atoms with Gasteiger partial charge in [0.05, 0.1) is 0 Å². The van der Waals surface area contributed by atoms with Crippen molar-refractivity contribution in [3.63, 3.8) is 0 Å². The molecule has 0 aromatic rings. The van der Waals surface area contributed by atoms with Crippen molar-refractivity contribution in [2.45, 2.75) is 0 Å². The molecule has 0 rings (SSSR count). The second kappa shape index (κ2) is 17.7. The molecular formula is H6AlClINa. The molecule has 0 aliphatic carbocycles. The summed E-state index contributed by atoms with van der Waals surface area (Å²) in [5.74, 6) is 0. The molecule has 4 heavy (non-hydrogen) atoms. The zero-order valence-corrected chi connectivity index (χ0v) is 3.96. The van der Waals surface area contributed by atoms with Crippen LogP contribution in [0.1, 0.15) is 0 Å². The fourth-order valence-electron chi connectivity index (χ4n) is 0. The van der Waals surface area contributed by atoms with Gasteiger partial charge in [0, 0.05) is 0 Å². The molecule has 0 nitrogen and oxygen atoms in total. The van der Waals surface area contributed by atoms with Crippen LogP contribution in [0.4, 0.5) is 0 Å².